The number of hydrogen-bond acceptors (Lipinski definition) is 1. The highest BCUT2D eigenvalue weighted by molar-refractivity contribution is 5.79. The fourth-order valence-corrected chi connectivity index (χ4v) is 1.69. The molecule has 94 valence electrons. The highest BCUT2D eigenvalue weighted by Crippen LogP contribution is 2.09. The summed E-state index contributed by atoms with van der Waals surface area (Å²) in [5.74, 6) is 0.867. The zero-order valence-corrected chi connectivity index (χ0v) is 11.3. The number of aliphatic imine (C=N–C) groups is 1. The zero-order valence-electron chi connectivity index (χ0n) is 11.3. The molecule has 0 fully saturated rings. The molecule has 0 aliphatic rings. The van der Waals surface area contributed by atoms with E-state index in [2.05, 4.69) is 54.6 Å². The third-order valence-electron chi connectivity index (χ3n) is 2.71. The van der Waals surface area contributed by atoms with E-state index in [1.807, 2.05) is 0 Å². The molecule has 0 saturated heterocycles. The van der Waals surface area contributed by atoms with Gasteiger partial charge in [0.05, 0.1) is 0 Å². The second kappa shape index (κ2) is 6.94. The van der Waals surface area contributed by atoms with Gasteiger partial charge in [-0.05, 0) is 31.4 Å². The highest BCUT2D eigenvalue weighted by atomic mass is 15.2. The lowest BCUT2D eigenvalue weighted by molar-refractivity contribution is 0.780. The first kappa shape index (κ1) is 13.6. The largest absolute Gasteiger partial charge is 0.356 e. The van der Waals surface area contributed by atoms with Gasteiger partial charge in [-0.1, -0.05) is 30.7 Å². The van der Waals surface area contributed by atoms with E-state index in [4.69, 9.17) is 0 Å². The summed E-state index contributed by atoms with van der Waals surface area (Å²) in [6.07, 6.45) is 1.10. The van der Waals surface area contributed by atoms with Crippen molar-refractivity contribution in [3.8, 4) is 0 Å². The van der Waals surface area contributed by atoms with Gasteiger partial charge >= 0.3 is 0 Å². The first-order valence-corrected chi connectivity index (χ1v) is 6.18. The quantitative estimate of drug-likeness (QED) is 0.619. The average molecular weight is 233 g/mol. The van der Waals surface area contributed by atoms with Crippen LogP contribution in [0, 0.1) is 13.8 Å². The Labute approximate surface area is 104 Å². The summed E-state index contributed by atoms with van der Waals surface area (Å²) in [5.41, 5.74) is 3.94. The summed E-state index contributed by atoms with van der Waals surface area (Å²) in [6.45, 7) is 8.17. The molecule has 2 N–H and O–H groups in total. The minimum absolute atomic E-state index is 0.815. The average Bonchev–Trinajstić information content (AvgIpc) is 2.31. The monoisotopic (exact) mass is 233 g/mol. The fourth-order valence-electron chi connectivity index (χ4n) is 1.69. The van der Waals surface area contributed by atoms with Crippen LogP contribution in [0.1, 0.15) is 30.0 Å². The summed E-state index contributed by atoms with van der Waals surface area (Å²) >= 11 is 0. The Morgan fingerprint density at radius 1 is 1.24 bits per heavy atom. The van der Waals surface area contributed by atoms with Crippen molar-refractivity contribution in [3.63, 3.8) is 0 Å². The number of rotatable bonds is 4. The zero-order chi connectivity index (χ0) is 12.7. The smallest absolute Gasteiger partial charge is 0.191 e. The van der Waals surface area contributed by atoms with Crippen LogP contribution >= 0.6 is 0 Å². The summed E-state index contributed by atoms with van der Waals surface area (Å²) in [4.78, 5) is 4.18. The molecule has 0 aromatic heterocycles. The molecule has 0 amide bonds. The standard InChI is InChI=1S/C14H23N3/c1-5-8-16-14(15-4)17-10-13-7-6-11(2)9-12(13)3/h6-7,9H,5,8,10H2,1-4H3,(H2,15,16,17). The Bertz CT molecular complexity index is 383. The van der Waals surface area contributed by atoms with Gasteiger partial charge < -0.3 is 10.6 Å². The minimum atomic E-state index is 0.815. The third-order valence-corrected chi connectivity index (χ3v) is 2.71. The van der Waals surface area contributed by atoms with E-state index in [1.165, 1.54) is 16.7 Å². The van der Waals surface area contributed by atoms with Crippen LogP contribution in [0.15, 0.2) is 23.2 Å². The summed E-state index contributed by atoms with van der Waals surface area (Å²) in [7, 11) is 1.80. The van der Waals surface area contributed by atoms with Crippen molar-refractivity contribution in [2.45, 2.75) is 33.7 Å². The maximum absolute atomic E-state index is 4.18. The lowest BCUT2D eigenvalue weighted by Gasteiger charge is -2.12. The molecule has 3 nitrogen and oxygen atoms in total. The molecule has 1 aromatic carbocycles. The van der Waals surface area contributed by atoms with Gasteiger partial charge in [-0.25, -0.2) is 0 Å². The van der Waals surface area contributed by atoms with Crippen LogP contribution in [-0.4, -0.2) is 19.6 Å². The number of benzene rings is 1. The van der Waals surface area contributed by atoms with E-state index < -0.39 is 0 Å². The van der Waals surface area contributed by atoms with Crippen molar-refractivity contribution in [1.82, 2.24) is 10.6 Å². The number of guanidine groups is 1. The first-order chi connectivity index (χ1) is 8.17. The van der Waals surface area contributed by atoms with E-state index in [-0.39, 0.29) is 0 Å². The van der Waals surface area contributed by atoms with Gasteiger partial charge in [0, 0.05) is 20.1 Å². The Balaban J connectivity index is 2.54. The van der Waals surface area contributed by atoms with Crippen LogP contribution in [0.4, 0.5) is 0 Å². The van der Waals surface area contributed by atoms with Crippen molar-refractivity contribution in [1.29, 1.82) is 0 Å². The number of aryl methyl sites for hydroxylation is 2. The number of hydrogen-bond donors (Lipinski definition) is 2. The van der Waals surface area contributed by atoms with Gasteiger partial charge in [-0.15, -0.1) is 0 Å². The molecule has 0 heterocycles. The van der Waals surface area contributed by atoms with Crippen LogP contribution < -0.4 is 10.6 Å². The first-order valence-electron chi connectivity index (χ1n) is 6.18. The predicted octanol–water partition coefficient (Wildman–Crippen LogP) is 2.38. The molecule has 0 aliphatic carbocycles. The maximum Gasteiger partial charge on any atom is 0.191 e. The number of nitrogens with one attached hydrogen (secondary N) is 2. The van der Waals surface area contributed by atoms with Gasteiger partial charge in [0.1, 0.15) is 0 Å². The van der Waals surface area contributed by atoms with Crippen LogP contribution in [0.5, 0.6) is 0 Å². The van der Waals surface area contributed by atoms with Gasteiger partial charge in [0.25, 0.3) is 0 Å². The summed E-state index contributed by atoms with van der Waals surface area (Å²) in [6, 6.07) is 6.52. The Morgan fingerprint density at radius 3 is 2.59 bits per heavy atom. The maximum atomic E-state index is 4.18. The molecule has 0 aliphatic heterocycles. The van der Waals surface area contributed by atoms with Crippen molar-refractivity contribution >= 4 is 5.96 Å². The fraction of sp³-hybridized carbons (Fsp3) is 0.500. The predicted molar refractivity (Wildman–Crippen MR) is 74.4 cm³/mol. The van der Waals surface area contributed by atoms with Crippen LogP contribution in [-0.2, 0) is 6.54 Å². The molecule has 0 radical (unpaired) electrons. The molecule has 3 heteroatoms. The highest BCUT2D eigenvalue weighted by Gasteiger charge is 2.00. The molecule has 1 aromatic rings. The van der Waals surface area contributed by atoms with Gasteiger partial charge in [0.2, 0.25) is 0 Å². The Kier molecular flexibility index (Phi) is 5.53. The number of nitrogens with zero attached hydrogens (tertiary/aromatic N) is 1. The molecular formula is C14H23N3. The SMILES string of the molecule is CCCNC(=NC)NCc1ccc(C)cc1C. The van der Waals surface area contributed by atoms with Gasteiger partial charge in [0.15, 0.2) is 5.96 Å². The Morgan fingerprint density at radius 2 is 2.00 bits per heavy atom. The topological polar surface area (TPSA) is 36.4 Å². The van der Waals surface area contributed by atoms with Gasteiger partial charge in [-0.3, -0.25) is 4.99 Å². The van der Waals surface area contributed by atoms with Crippen molar-refractivity contribution in [2.24, 2.45) is 4.99 Å². The van der Waals surface area contributed by atoms with Crippen LogP contribution in [0.25, 0.3) is 0 Å². The third kappa shape index (κ3) is 4.47. The van der Waals surface area contributed by atoms with Crippen LogP contribution in [0.3, 0.4) is 0 Å². The lowest BCUT2D eigenvalue weighted by atomic mass is 10.1. The second-order valence-corrected chi connectivity index (χ2v) is 4.28. The summed E-state index contributed by atoms with van der Waals surface area (Å²) in [5, 5.41) is 6.58. The van der Waals surface area contributed by atoms with Crippen molar-refractivity contribution < 1.29 is 0 Å². The van der Waals surface area contributed by atoms with E-state index in [0.29, 0.717) is 0 Å². The van der Waals surface area contributed by atoms with E-state index in [0.717, 1.165) is 25.5 Å². The minimum Gasteiger partial charge on any atom is -0.356 e. The molecular weight excluding hydrogens is 210 g/mol. The molecule has 0 unspecified atom stereocenters. The van der Waals surface area contributed by atoms with E-state index >= 15 is 0 Å². The normalized spacial score (nSPS) is 11.4. The molecule has 0 saturated carbocycles. The molecule has 0 spiro atoms. The molecule has 0 atom stereocenters. The summed E-state index contributed by atoms with van der Waals surface area (Å²) < 4.78 is 0. The Hall–Kier alpha value is -1.51. The van der Waals surface area contributed by atoms with E-state index in [1.54, 1.807) is 7.05 Å². The van der Waals surface area contributed by atoms with Crippen molar-refractivity contribution in [3.05, 3.63) is 34.9 Å². The molecule has 1 rings (SSSR count). The van der Waals surface area contributed by atoms with Crippen LogP contribution in [0.2, 0.25) is 0 Å². The van der Waals surface area contributed by atoms with Gasteiger partial charge in [-0.2, -0.15) is 0 Å². The second-order valence-electron chi connectivity index (χ2n) is 4.28. The lowest BCUT2D eigenvalue weighted by Crippen LogP contribution is -2.37. The molecule has 17 heavy (non-hydrogen) atoms. The van der Waals surface area contributed by atoms with E-state index in [9.17, 15) is 0 Å². The molecule has 0 bridgehead atoms. The van der Waals surface area contributed by atoms with Crippen molar-refractivity contribution in [2.75, 3.05) is 13.6 Å².